The lowest BCUT2D eigenvalue weighted by atomic mass is 10.0. The molecule has 0 radical (unpaired) electrons. The number of hydroxylamine groups is 1. The molecule has 0 aliphatic carbocycles. The van der Waals surface area contributed by atoms with Crippen molar-refractivity contribution in [3.05, 3.63) is 100 Å². The van der Waals surface area contributed by atoms with Gasteiger partial charge in [-0.15, -0.1) is 11.3 Å². The summed E-state index contributed by atoms with van der Waals surface area (Å²) in [5.74, 6) is -1.07. The maximum absolute atomic E-state index is 13.7. The Bertz CT molecular complexity index is 1770. The molecule has 11 heteroatoms. The molecule has 5 aromatic rings. The SMILES string of the molecule is NCNC(=O)c1ccc(-c2cc3ccc(C(=O)c4cc(CC(=O)NO)c(-c5cccc(O)c5)s4)cc3n2CN)cc1. The van der Waals surface area contributed by atoms with Crippen molar-refractivity contribution in [1.29, 1.82) is 0 Å². The number of nitrogens with zero attached hydrogens (tertiary/aromatic N) is 1. The van der Waals surface area contributed by atoms with E-state index in [2.05, 4.69) is 5.32 Å². The van der Waals surface area contributed by atoms with Gasteiger partial charge in [-0.2, -0.15) is 0 Å². The number of amides is 2. The first-order valence-electron chi connectivity index (χ1n) is 12.6. The number of aromatic hydroxyl groups is 1. The summed E-state index contributed by atoms with van der Waals surface area (Å²) in [4.78, 5) is 38.8. The van der Waals surface area contributed by atoms with Gasteiger partial charge in [-0.3, -0.25) is 19.6 Å². The first-order valence-corrected chi connectivity index (χ1v) is 13.5. The first kappa shape index (κ1) is 27.7. The largest absolute Gasteiger partial charge is 0.508 e. The number of carbonyl (C=O) groups excluding carboxylic acids is 3. The number of hydrogen-bond acceptors (Lipinski definition) is 8. The molecule has 0 fully saturated rings. The van der Waals surface area contributed by atoms with E-state index in [-0.39, 0.29) is 37.2 Å². The van der Waals surface area contributed by atoms with Gasteiger partial charge in [0.25, 0.3) is 5.91 Å². The minimum atomic E-state index is -0.619. The second-order valence-corrected chi connectivity index (χ2v) is 10.3. The maximum atomic E-state index is 13.7. The Morgan fingerprint density at radius 2 is 1.63 bits per heavy atom. The number of ketones is 1. The third-order valence-corrected chi connectivity index (χ3v) is 7.90. The van der Waals surface area contributed by atoms with Crippen LogP contribution in [0.25, 0.3) is 32.6 Å². The molecule has 208 valence electrons. The Kier molecular flexibility index (Phi) is 7.95. The van der Waals surface area contributed by atoms with Crippen LogP contribution >= 0.6 is 11.3 Å². The van der Waals surface area contributed by atoms with Crippen molar-refractivity contribution >= 4 is 39.8 Å². The average Bonchev–Trinajstić information content (AvgIpc) is 3.58. The van der Waals surface area contributed by atoms with E-state index in [0.29, 0.717) is 32.0 Å². The zero-order chi connectivity index (χ0) is 29.1. The third kappa shape index (κ3) is 5.60. The summed E-state index contributed by atoms with van der Waals surface area (Å²) >= 11 is 1.21. The molecular formula is C30H27N5O5S. The van der Waals surface area contributed by atoms with E-state index in [1.807, 2.05) is 28.8 Å². The predicted octanol–water partition coefficient (Wildman–Crippen LogP) is 3.58. The molecular weight excluding hydrogens is 542 g/mol. The molecule has 0 unspecified atom stereocenters. The number of nitrogens with one attached hydrogen (secondary N) is 2. The standard InChI is InChI=1S/C30H27N5O5S/c31-15-33-30(39)18-6-4-17(5-7-18)24-11-19-8-9-20(12-25(19)35(24)16-32)28(38)26-13-22(14-27(37)34-40)29(41-26)21-2-1-3-23(36)10-21/h1-13,36,40H,14-16,31-32H2,(H,33,39)(H,34,37). The van der Waals surface area contributed by atoms with Crippen LogP contribution in [0.5, 0.6) is 5.75 Å². The van der Waals surface area contributed by atoms with E-state index in [1.165, 1.54) is 17.4 Å². The van der Waals surface area contributed by atoms with Gasteiger partial charge in [0.05, 0.1) is 35.8 Å². The third-order valence-electron chi connectivity index (χ3n) is 6.67. The minimum Gasteiger partial charge on any atom is -0.508 e. The van der Waals surface area contributed by atoms with E-state index < -0.39 is 5.91 Å². The lowest BCUT2D eigenvalue weighted by Crippen LogP contribution is -2.29. The van der Waals surface area contributed by atoms with E-state index in [0.717, 1.165) is 22.2 Å². The number of benzene rings is 3. The second kappa shape index (κ2) is 11.7. The number of hydrogen-bond donors (Lipinski definition) is 6. The lowest BCUT2D eigenvalue weighted by Gasteiger charge is -2.09. The number of nitrogens with two attached hydrogens (primary N) is 2. The number of phenolic OH excluding ortho intramolecular Hbond substituents is 1. The van der Waals surface area contributed by atoms with Crippen molar-refractivity contribution in [1.82, 2.24) is 15.4 Å². The normalized spacial score (nSPS) is 11.0. The van der Waals surface area contributed by atoms with Crippen molar-refractivity contribution < 1.29 is 24.7 Å². The Morgan fingerprint density at radius 1 is 0.878 bits per heavy atom. The number of carbonyl (C=O) groups is 3. The fraction of sp³-hybridized carbons (Fsp3) is 0.100. The van der Waals surface area contributed by atoms with Gasteiger partial charge in [-0.05, 0) is 59.2 Å². The van der Waals surface area contributed by atoms with Gasteiger partial charge in [0, 0.05) is 21.4 Å². The Morgan fingerprint density at radius 3 is 2.32 bits per heavy atom. The molecule has 41 heavy (non-hydrogen) atoms. The summed E-state index contributed by atoms with van der Waals surface area (Å²) in [5, 5.41) is 22.5. The quantitative estimate of drug-likeness (QED) is 0.0681. The van der Waals surface area contributed by atoms with Crippen molar-refractivity contribution in [2.45, 2.75) is 13.1 Å². The van der Waals surface area contributed by atoms with Gasteiger partial charge in [0.15, 0.2) is 0 Å². The molecule has 8 N–H and O–H groups in total. The molecule has 2 aromatic heterocycles. The van der Waals surface area contributed by atoms with Crippen LogP contribution in [0.2, 0.25) is 0 Å². The Hall–Kier alpha value is -4.81. The number of fused-ring (bicyclic) bond motifs is 1. The second-order valence-electron chi connectivity index (χ2n) is 9.26. The van der Waals surface area contributed by atoms with E-state index in [4.69, 9.17) is 16.7 Å². The molecule has 0 saturated carbocycles. The molecule has 2 amide bonds. The predicted molar refractivity (Wildman–Crippen MR) is 157 cm³/mol. The molecule has 0 aliphatic heterocycles. The summed E-state index contributed by atoms with van der Waals surface area (Å²) in [6, 6.07) is 22.6. The van der Waals surface area contributed by atoms with Crippen LogP contribution in [0.1, 0.15) is 31.2 Å². The Balaban J connectivity index is 1.52. The van der Waals surface area contributed by atoms with E-state index in [9.17, 15) is 19.5 Å². The molecule has 3 aromatic carbocycles. The minimum absolute atomic E-state index is 0.0466. The van der Waals surface area contributed by atoms with Crippen LogP contribution in [0.4, 0.5) is 0 Å². The van der Waals surface area contributed by atoms with Crippen LogP contribution in [0.15, 0.2) is 78.9 Å². The molecule has 0 saturated heterocycles. The topological polar surface area (TPSA) is 173 Å². The zero-order valence-corrected chi connectivity index (χ0v) is 22.6. The van der Waals surface area contributed by atoms with Gasteiger partial charge in [-0.1, -0.05) is 36.4 Å². The highest BCUT2D eigenvalue weighted by molar-refractivity contribution is 7.17. The number of rotatable bonds is 9. The highest BCUT2D eigenvalue weighted by atomic mass is 32.1. The van der Waals surface area contributed by atoms with E-state index in [1.54, 1.807) is 54.0 Å². The van der Waals surface area contributed by atoms with Crippen LogP contribution in [0.3, 0.4) is 0 Å². The smallest absolute Gasteiger partial charge is 0.252 e. The summed E-state index contributed by atoms with van der Waals surface area (Å²) < 4.78 is 1.89. The van der Waals surface area contributed by atoms with Gasteiger partial charge < -0.3 is 26.5 Å². The van der Waals surface area contributed by atoms with Crippen LogP contribution in [-0.4, -0.2) is 39.1 Å². The monoisotopic (exact) mass is 569 g/mol. The number of thiophene rings is 1. The molecule has 0 bridgehead atoms. The summed E-state index contributed by atoms with van der Waals surface area (Å²) in [6.07, 6.45) is -0.142. The fourth-order valence-electron chi connectivity index (χ4n) is 4.74. The van der Waals surface area contributed by atoms with Crippen molar-refractivity contribution in [3.8, 4) is 27.4 Å². The molecule has 0 spiro atoms. The average molecular weight is 570 g/mol. The van der Waals surface area contributed by atoms with E-state index >= 15 is 0 Å². The fourth-order valence-corrected chi connectivity index (χ4v) is 5.88. The molecule has 10 nitrogen and oxygen atoms in total. The zero-order valence-electron chi connectivity index (χ0n) is 21.8. The number of aromatic nitrogens is 1. The maximum Gasteiger partial charge on any atom is 0.252 e. The van der Waals surface area contributed by atoms with Gasteiger partial charge in [-0.25, -0.2) is 5.48 Å². The molecule has 2 heterocycles. The van der Waals surface area contributed by atoms with Gasteiger partial charge >= 0.3 is 0 Å². The first-order chi connectivity index (χ1) is 19.8. The van der Waals surface area contributed by atoms with Crippen LogP contribution in [-0.2, 0) is 17.9 Å². The van der Waals surface area contributed by atoms with Gasteiger partial charge in [0.1, 0.15) is 5.75 Å². The molecule has 0 atom stereocenters. The summed E-state index contributed by atoms with van der Waals surface area (Å²) in [6.45, 7) is 0.206. The van der Waals surface area contributed by atoms with Crippen LogP contribution < -0.4 is 22.3 Å². The summed E-state index contributed by atoms with van der Waals surface area (Å²) in [5.41, 5.74) is 17.7. The highest BCUT2D eigenvalue weighted by Crippen LogP contribution is 2.36. The molecule has 5 rings (SSSR count). The number of phenols is 1. The Labute approximate surface area is 238 Å². The lowest BCUT2D eigenvalue weighted by molar-refractivity contribution is -0.128. The summed E-state index contributed by atoms with van der Waals surface area (Å²) in [7, 11) is 0. The van der Waals surface area contributed by atoms with Gasteiger partial charge in [0.2, 0.25) is 11.7 Å². The van der Waals surface area contributed by atoms with Crippen molar-refractivity contribution in [3.63, 3.8) is 0 Å². The van der Waals surface area contributed by atoms with Crippen LogP contribution in [0, 0.1) is 0 Å². The van der Waals surface area contributed by atoms with Crippen molar-refractivity contribution in [2.24, 2.45) is 11.5 Å². The van der Waals surface area contributed by atoms with Crippen molar-refractivity contribution in [2.75, 3.05) is 6.67 Å². The molecule has 0 aliphatic rings. The highest BCUT2D eigenvalue weighted by Gasteiger charge is 2.21.